The molecule has 0 atom stereocenters. The molecule has 5 heterocycles. The molecule has 0 amide bonds. The van der Waals surface area contributed by atoms with Crippen LogP contribution in [-0.2, 0) is 17.1 Å². The number of aromatic nitrogens is 4. The molecule has 0 spiro atoms. The number of fused-ring (bicyclic) bond motifs is 18. The van der Waals surface area contributed by atoms with Crippen molar-refractivity contribution in [1.29, 1.82) is 0 Å². The summed E-state index contributed by atoms with van der Waals surface area (Å²) in [6.07, 6.45) is 3.48. The van der Waals surface area contributed by atoms with E-state index in [4.69, 9.17) is 9.97 Å². The van der Waals surface area contributed by atoms with Crippen LogP contribution in [0.25, 0.3) is 43.6 Å². The van der Waals surface area contributed by atoms with E-state index in [1.54, 1.807) is 12.4 Å². The Balaban J connectivity index is 0.00000165. The molecule has 3 aromatic heterocycles. The smallest absolute Gasteiger partial charge is 0.656 e. The van der Waals surface area contributed by atoms with E-state index < -0.39 is 0 Å². The van der Waals surface area contributed by atoms with E-state index >= 15 is 0 Å². The van der Waals surface area contributed by atoms with E-state index in [0.717, 1.165) is 55.0 Å². The molecule has 139 valence electrons. The van der Waals surface area contributed by atoms with Gasteiger partial charge in [0.25, 0.3) is 0 Å². The molecule has 0 saturated carbocycles. The molecule has 0 N–H and O–H groups in total. The summed E-state index contributed by atoms with van der Waals surface area (Å²) in [5.41, 5.74) is 4.78. The Morgan fingerprint density at radius 3 is 1.31 bits per heavy atom. The normalized spacial score (nSPS) is 13.0. The topological polar surface area (TPSA) is 78.7 Å². The molecule has 0 aliphatic carbocycles. The SMILES string of the molecule is C1=Nc2nc1c1[n-]c(c3ccccc13)c1[n-]c(c3nc2N=C3)c2ccccc21.[Cu+2]. The standard InChI is InChI=1S/C22H10N6.Cu/c1-3-7-13-11(5-1)17-15-9-23-21(25-15)22-24-10-16(26-22)18-12-6-2-4-8-14(12)20(28-18)19(13)27-17;/h1-10H;/q-2;+2. The Bertz CT molecular complexity index is 1500. The van der Waals surface area contributed by atoms with Gasteiger partial charge in [-0.2, -0.15) is 0 Å². The fourth-order valence-electron chi connectivity index (χ4n) is 4.04. The van der Waals surface area contributed by atoms with Gasteiger partial charge < -0.3 is 9.97 Å². The third-order valence-electron chi connectivity index (χ3n) is 5.30. The number of benzene rings is 2. The van der Waals surface area contributed by atoms with Gasteiger partial charge in [-0.15, -0.1) is 22.1 Å². The molecule has 2 aromatic carbocycles. The van der Waals surface area contributed by atoms with Crippen LogP contribution in [0.3, 0.4) is 0 Å². The molecular formula is C22H10CuN6. The van der Waals surface area contributed by atoms with Crippen LogP contribution in [0.2, 0.25) is 0 Å². The van der Waals surface area contributed by atoms with E-state index in [2.05, 4.69) is 44.2 Å². The minimum atomic E-state index is 0. The zero-order valence-electron chi connectivity index (χ0n) is 14.8. The van der Waals surface area contributed by atoms with E-state index in [1.807, 2.05) is 24.3 Å². The van der Waals surface area contributed by atoms with Gasteiger partial charge in [0.05, 0.1) is 23.8 Å². The number of nitrogens with zero attached hydrogens (tertiary/aromatic N) is 6. The van der Waals surface area contributed by atoms with Crippen LogP contribution in [0.15, 0.2) is 58.5 Å². The Hall–Kier alpha value is -3.54. The first-order valence-corrected chi connectivity index (χ1v) is 8.98. The zero-order chi connectivity index (χ0) is 18.2. The number of aliphatic imine (C=N–C) groups is 2. The van der Waals surface area contributed by atoms with Crippen molar-refractivity contribution in [3.8, 4) is 0 Å². The van der Waals surface area contributed by atoms with E-state index in [9.17, 15) is 0 Å². The van der Waals surface area contributed by atoms with Gasteiger partial charge in [0, 0.05) is 0 Å². The summed E-state index contributed by atoms with van der Waals surface area (Å²) in [6, 6.07) is 16.4. The van der Waals surface area contributed by atoms with Crippen LogP contribution < -0.4 is 9.97 Å². The molecule has 6 nitrogen and oxygen atoms in total. The molecule has 29 heavy (non-hydrogen) atoms. The summed E-state index contributed by atoms with van der Waals surface area (Å²) in [7, 11) is 0. The number of hydrogen-bond donors (Lipinski definition) is 0. The van der Waals surface area contributed by atoms with Crippen molar-refractivity contribution in [1.82, 2.24) is 19.9 Å². The minimum absolute atomic E-state index is 0. The van der Waals surface area contributed by atoms with Gasteiger partial charge in [-0.05, 0) is 21.5 Å². The summed E-state index contributed by atoms with van der Waals surface area (Å²) < 4.78 is 0. The second kappa shape index (κ2) is 5.73. The predicted octanol–water partition coefficient (Wildman–Crippen LogP) is 4.25. The van der Waals surface area contributed by atoms with Crippen LogP contribution in [0.5, 0.6) is 0 Å². The van der Waals surface area contributed by atoms with Crippen LogP contribution >= 0.6 is 0 Å². The van der Waals surface area contributed by atoms with Gasteiger partial charge in [-0.25, -0.2) is 20.0 Å². The van der Waals surface area contributed by atoms with Crippen molar-refractivity contribution in [3.63, 3.8) is 0 Å². The predicted molar refractivity (Wildman–Crippen MR) is 111 cm³/mol. The largest absolute Gasteiger partial charge is 2.00 e. The second-order valence-electron chi connectivity index (χ2n) is 6.87. The molecule has 2 aliphatic rings. The Kier molecular flexibility index (Phi) is 3.25. The maximum atomic E-state index is 4.98. The molecule has 1 radical (unpaired) electrons. The Morgan fingerprint density at radius 2 is 0.897 bits per heavy atom. The molecule has 5 aromatic rings. The summed E-state index contributed by atoms with van der Waals surface area (Å²) in [5, 5.41) is 4.20. The van der Waals surface area contributed by atoms with Crippen LogP contribution in [0.4, 0.5) is 11.6 Å². The third kappa shape index (κ3) is 2.11. The Morgan fingerprint density at radius 1 is 0.517 bits per heavy atom. The van der Waals surface area contributed by atoms with Gasteiger partial charge in [0.1, 0.15) is 0 Å². The maximum absolute atomic E-state index is 4.98. The van der Waals surface area contributed by atoms with Crippen LogP contribution in [-0.4, -0.2) is 22.4 Å². The molecular weight excluding hydrogens is 412 g/mol. The first-order valence-electron chi connectivity index (χ1n) is 8.98. The van der Waals surface area contributed by atoms with Crippen molar-refractivity contribution in [2.45, 2.75) is 0 Å². The van der Waals surface area contributed by atoms with Gasteiger partial charge in [0.15, 0.2) is 11.6 Å². The fraction of sp³-hybridized carbons (Fsp3) is 0. The van der Waals surface area contributed by atoms with Crippen molar-refractivity contribution in [3.05, 3.63) is 59.9 Å². The summed E-state index contributed by atoms with van der Waals surface area (Å²) in [5.74, 6) is 1.01. The summed E-state index contributed by atoms with van der Waals surface area (Å²) >= 11 is 0. The van der Waals surface area contributed by atoms with Crippen LogP contribution in [0, 0.1) is 0 Å². The molecule has 0 fully saturated rings. The summed E-state index contributed by atoms with van der Waals surface area (Å²) in [6.45, 7) is 0. The van der Waals surface area contributed by atoms with Gasteiger partial charge in [-0.3, -0.25) is 0 Å². The number of hydrogen-bond acceptors (Lipinski definition) is 4. The van der Waals surface area contributed by atoms with Crippen LogP contribution in [0.1, 0.15) is 11.4 Å². The van der Waals surface area contributed by atoms with Gasteiger partial charge in [-0.1, -0.05) is 48.5 Å². The van der Waals surface area contributed by atoms with Gasteiger partial charge in [0.2, 0.25) is 0 Å². The molecule has 8 bridgehead atoms. The summed E-state index contributed by atoms with van der Waals surface area (Å²) in [4.78, 5) is 28.1. The first kappa shape index (κ1) is 16.4. The van der Waals surface area contributed by atoms with E-state index in [-0.39, 0.29) is 17.1 Å². The first-order chi connectivity index (χ1) is 13.9. The molecule has 2 aliphatic heterocycles. The maximum Gasteiger partial charge on any atom is 2.00 e. The van der Waals surface area contributed by atoms with Gasteiger partial charge >= 0.3 is 17.1 Å². The Labute approximate surface area is 174 Å². The fourth-order valence-corrected chi connectivity index (χ4v) is 4.04. The minimum Gasteiger partial charge on any atom is -0.656 e. The monoisotopic (exact) mass is 421 g/mol. The second-order valence-corrected chi connectivity index (χ2v) is 6.87. The molecule has 7 rings (SSSR count). The molecule has 7 heteroatoms. The quantitative estimate of drug-likeness (QED) is 0.343. The molecule has 0 saturated heterocycles. The van der Waals surface area contributed by atoms with E-state index in [0.29, 0.717) is 11.6 Å². The van der Waals surface area contributed by atoms with Crippen molar-refractivity contribution in [2.75, 3.05) is 0 Å². The van der Waals surface area contributed by atoms with Crippen molar-refractivity contribution < 1.29 is 17.1 Å². The average Bonchev–Trinajstić information content (AvgIpc) is 3.49. The van der Waals surface area contributed by atoms with Crippen molar-refractivity contribution >= 4 is 67.7 Å². The van der Waals surface area contributed by atoms with Crippen molar-refractivity contribution in [2.24, 2.45) is 9.98 Å². The zero-order valence-corrected chi connectivity index (χ0v) is 15.7. The number of rotatable bonds is 0. The van der Waals surface area contributed by atoms with E-state index in [1.165, 1.54) is 0 Å². The third-order valence-corrected chi connectivity index (χ3v) is 5.30. The molecule has 0 unspecified atom stereocenters. The average molecular weight is 422 g/mol.